The lowest BCUT2D eigenvalue weighted by atomic mass is 9.76. The van der Waals surface area contributed by atoms with Crippen LogP contribution in [0.15, 0.2) is 17.0 Å². The third-order valence-electron chi connectivity index (χ3n) is 3.87. The molecular weight excluding hydrogens is 301 g/mol. The molecule has 7 nitrogen and oxygen atoms in total. The Balaban J connectivity index is 2.43. The zero-order chi connectivity index (χ0) is 15.8. The molecule has 116 valence electrons. The quantitative estimate of drug-likeness (QED) is 0.489. The number of nitro groups is 1. The Morgan fingerprint density at radius 3 is 2.48 bits per heavy atom. The van der Waals surface area contributed by atoms with Gasteiger partial charge in [-0.3, -0.25) is 10.1 Å². The SMILES string of the molecule is CCC1(NS(=O)(=O)c2c(N)cc([N+](=O)[O-])cc2F)CCC1. The van der Waals surface area contributed by atoms with Crippen molar-refractivity contribution in [2.45, 2.75) is 43.0 Å². The molecular formula is C12H16FN3O4S. The van der Waals surface area contributed by atoms with E-state index in [0.29, 0.717) is 25.3 Å². The van der Waals surface area contributed by atoms with Crippen LogP contribution >= 0.6 is 0 Å². The van der Waals surface area contributed by atoms with Gasteiger partial charge in [0.15, 0.2) is 5.82 Å². The van der Waals surface area contributed by atoms with Crippen molar-refractivity contribution in [3.63, 3.8) is 0 Å². The van der Waals surface area contributed by atoms with Crippen LogP contribution in [0.5, 0.6) is 0 Å². The van der Waals surface area contributed by atoms with E-state index in [1.807, 2.05) is 6.92 Å². The summed E-state index contributed by atoms with van der Waals surface area (Å²) in [4.78, 5) is 9.06. The molecule has 9 heteroatoms. The Morgan fingerprint density at radius 1 is 1.48 bits per heavy atom. The van der Waals surface area contributed by atoms with Crippen LogP contribution in [0.25, 0.3) is 0 Å². The highest BCUT2D eigenvalue weighted by Gasteiger charge is 2.40. The predicted octanol–water partition coefficient (Wildman–Crippen LogP) is 1.93. The number of halogens is 1. The molecule has 0 aliphatic heterocycles. The highest BCUT2D eigenvalue weighted by molar-refractivity contribution is 7.89. The van der Waals surface area contributed by atoms with Crippen molar-refractivity contribution in [3.05, 3.63) is 28.1 Å². The van der Waals surface area contributed by atoms with Crippen molar-refractivity contribution in [1.82, 2.24) is 4.72 Å². The first-order chi connectivity index (χ1) is 9.71. The van der Waals surface area contributed by atoms with Crippen molar-refractivity contribution < 1.29 is 17.7 Å². The van der Waals surface area contributed by atoms with Crippen molar-refractivity contribution in [2.75, 3.05) is 5.73 Å². The molecule has 0 aromatic heterocycles. The number of hydrogen-bond acceptors (Lipinski definition) is 5. The predicted molar refractivity (Wildman–Crippen MR) is 74.7 cm³/mol. The van der Waals surface area contributed by atoms with Crippen LogP contribution in [0.1, 0.15) is 32.6 Å². The number of nitrogens with zero attached hydrogens (tertiary/aromatic N) is 1. The van der Waals surface area contributed by atoms with Crippen LogP contribution in [0.4, 0.5) is 15.8 Å². The normalized spacial score (nSPS) is 17.2. The van der Waals surface area contributed by atoms with Crippen LogP contribution in [0.3, 0.4) is 0 Å². The largest absolute Gasteiger partial charge is 0.397 e. The average molecular weight is 317 g/mol. The van der Waals surface area contributed by atoms with Gasteiger partial charge in [-0.1, -0.05) is 6.92 Å². The van der Waals surface area contributed by atoms with Crippen molar-refractivity contribution in [1.29, 1.82) is 0 Å². The maximum Gasteiger partial charge on any atom is 0.274 e. The number of nitrogens with one attached hydrogen (secondary N) is 1. The van der Waals surface area contributed by atoms with Crippen molar-refractivity contribution >= 4 is 21.4 Å². The van der Waals surface area contributed by atoms with Gasteiger partial charge in [0.1, 0.15) is 4.90 Å². The number of anilines is 1. The van der Waals surface area contributed by atoms with Crippen LogP contribution in [0.2, 0.25) is 0 Å². The molecule has 1 aliphatic carbocycles. The standard InChI is InChI=1S/C12H16FN3O4S/c1-2-12(4-3-5-12)15-21(19,20)11-9(13)6-8(16(17)18)7-10(11)14/h6-7,15H,2-5,14H2,1H3. The van der Waals surface area contributed by atoms with Crippen LogP contribution in [0, 0.1) is 15.9 Å². The third kappa shape index (κ3) is 2.84. The van der Waals surface area contributed by atoms with Gasteiger partial charge >= 0.3 is 0 Å². The van der Waals surface area contributed by atoms with Gasteiger partial charge in [0.05, 0.1) is 16.7 Å². The third-order valence-corrected chi connectivity index (χ3v) is 5.54. The van der Waals surface area contributed by atoms with Gasteiger partial charge in [0.25, 0.3) is 5.69 Å². The first-order valence-corrected chi connectivity index (χ1v) is 7.96. The Bertz CT molecular complexity index is 657. The van der Waals surface area contributed by atoms with Crippen molar-refractivity contribution in [2.24, 2.45) is 0 Å². The van der Waals surface area contributed by atoms with Crippen molar-refractivity contribution in [3.8, 4) is 0 Å². The lowest BCUT2D eigenvalue weighted by molar-refractivity contribution is -0.385. The molecule has 2 rings (SSSR count). The lowest BCUT2D eigenvalue weighted by Gasteiger charge is -2.41. The fourth-order valence-electron chi connectivity index (χ4n) is 2.46. The van der Waals surface area contributed by atoms with E-state index in [1.165, 1.54) is 0 Å². The number of nitrogens with two attached hydrogens (primary N) is 1. The Labute approximate surface area is 121 Å². The van der Waals surface area contributed by atoms with Gasteiger partial charge in [-0.05, 0) is 25.7 Å². The number of sulfonamides is 1. The second-order valence-electron chi connectivity index (χ2n) is 5.20. The summed E-state index contributed by atoms with van der Waals surface area (Å²) in [5, 5.41) is 10.6. The van der Waals surface area contributed by atoms with Crippen LogP contribution in [-0.4, -0.2) is 18.9 Å². The highest BCUT2D eigenvalue weighted by Crippen LogP contribution is 2.37. The molecule has 0 spiro atoms. The van der Waals surface area contributed by atoms with E-state index in [9.17, 15) is 22.9 Å². The van der Waals surface area contributed by atoms with E-state index >= 15 is 0 Å². The minimum atomic E-state index is -4.17. The fourth-order valence-corrected chi connectivity index (χ4v) is 4.16. The fraction of sp³-hybridized carbons (Fsp3) is 0.500. The summed E-state index contributed by atoms with van der Waals surface area (Å²) in [6.07, 6.45) is 2.84. The molecule has 0 atom stereocenters. The Hall–Kier alpha value is -1.74. The maximum absolute atomic E-state index is 14.0. The summed E-state index contributed by atoms with van der Waals surface area (Å²) in [5.74, 6) is -1.22. The van der Waals surface area contributed by atoms with Crippen LogP contribution in [-0.2, 0) is 10.0 Å². The van der Waals surface area contributed by atoms with Gasteiger partial charge in [-0.2, -0.15) is 0 Å². The summed E-state index contributed by atoms with van der Waals surface area (Å²) in [7, 11) is -4.17. The minimum absolute atomic E-state index is 0.472. The lowest BCUT2D eigenvalue weighted by Crippen LogP contribution is -2.53. The second-order valence-corrected chi connectivity index (χ2v) is 6.82. The van der Waals surface area contributed by atoms with Gasteiger partial charge in [-0.15, -0.1) is 0 Å². The molecule has 1 saturated carbocycles. The molecule has 0 heterocycles. The minimum Gasteiger partial charge on any atom is -0.397 e. The number of nitro benzene ring substituents is 1. The molecule has 0 unspecified atom stereocenters. The highest BCUT2D eigenvalue weighted by atomic mass is 32.2. The van der Waals surface area contributed by atoms with E-state index in [4.69, 9.17) is 5.73 Å². The monoisotopic (exact) mass is 317 g/mol. The summed E-state index contributed by atoms with van der Waals surface area (Å²) < 4.78 is 41.1. The van der Waals surface area contributed by atoms with E-state index in [1.54, 1.807) is 0 Å². The molecule has 1 aromatic rings. The molecule has 0 saturated heterocycles. The first kappa shape index (κ1) is 15.6. The molecule has 0 amide bonds. The van der Waals surface area contributed by atoms with Gasteiger partial charge < -0.3 is 5.73 Å². The van der Waals surface area contributed by atoms with Gasteiger partial charge in [0.2, 0.25) is 10.0 Å². The molecule has 3 N–H and O–H groups in total. The Kier molecular flexibility index (Phi) is 3.89. The maximum atomic E-state index is 14.0. The average Bonchev–Trinajstić information content (AvgIpc) is 2.32. The van der Waals surface area contributed by atoms with Gasteiger partial charge in [0, 0.05) is 11.6 Å². The molecule has 0 radical (unpaired) electrons. The molecule has 21 heavy (non-hydrogen) atoms. The van der Waals surface area contributed by atoms with E-state index in [0.717, 1.165) is 12.5 Å². The molecule has 1 aromatic carbocycles. The molecule has 0 bridgehead atoms. The Morgan fingerprint density at radius 2 is 2.10 bits per heavy atom. The zero-order valence-corrected chi connectivity index (χ0v) is 12.2. The smallest absolute Gasteiger partial charge is 0.274 e. The topological polar surface area (TPSA) is 115 Å². The first-order valence-electron chi connectivity index (χ1n) is 6.48. The van der Waals surface area contributed by atoms with Gasteiger partial charge in [-0.25, -0.2) is 17.5 Å². The summed E-state index contributed by atoms with van der Waals surface area (Å²) in [6.45, 7) is 1.84. The summed E-state index contributed by atoms with van der Waals surface area (Å²) in [5.41, 5.74) is 3.87. The summed E-state index contributed by atoms with van der Waals surface area (Å²) >= 11 is 0. The van der Waals surface area contributed by atoms with E-state index in [-0.39, 0.29) is 0 Å². The molecule has 1 fully saturated rings. The summed E-state index contributed by atoms with van der Waals surface area (Å²) in [6, 6.07) is 1.40. The number of non-ortho nitro benzene ring substituents is 1. The van der Waals surface area contributed by atoms with Crippen LogP contribution < -0.4 is 10.5 Å². The zero-order valence-electron chi connectivity index (χ0n) is 11.4. The number of hydrogen-bond donors (Lipinski definition) is 2. The molecule has 1 aliphatic rings. The number of nitrogen functional groups attached to an aromatic ring is 1. The second kappa shape index (κ2) is 5.23. The van der Waals surface area contributed by atoms with E-state index in [2.05, 4.69) is 4.72 Å². The van der Waals surface area contributed by atoms with E-state index < -0.39 is 42.6 Å². The number of rotatable bonds is 5. The number of benzene rings is 1.